The average Bonchev–Trinajstić information content (AvgIpc) is 3.40. The first kappa shape index (κ1) is 18.6. The zero-order chi connectivity index (χ0) is 19.9. The van der Waals surface area contributed by atoms with Crippen LogP contribution in [-0.4, -0.2) is 36.2 Å². The highest BCUT2D eigenvalue weighted by Gasteiger charge is 2.57. The lowest BCUT2D eigenvalue weighted by Gasteiger charge is -2.26. The molecule has 2 aromatic carbocycles. The summed E-state index contributed by atoms with van der Waals surface area (Å²) in [6, 6.07) is 12.2. The van der Waals surface area contributed by atoms with Gasteiger partial charge in [-0.15, -0.1) is 0 Å². The maximum atomic E-state index is 14.3. The Hall–Kier alpha value is -2.80. The minimum absolute atomic E-state index is 0.102. The molecule has 2 aliphatic heterocycles. The summed E-state index contributed by atoms with van der Waals surface area (Å²) < 4.78 is 38.1. The van der Waals surface area contributed by atoms with E-state index in [1.165, 1.54) is 6.07 Å². The standard InChI is InChI=1S/C21H19F2NO4/c1-13(21(12-28-21)17-8-7-15(22)10-18(17)23)19(25)24-16(11-27-20(24)26)9-14-5-3-2-4-6-14/h2-8,10,13,16H,9,11-12H2,1H3/t13-,16+,21-/m1/s1. The van der Waals surface area contributed by atoms with Crippen LogP contribution in [0, 0.1) is 17.6 Å². The molecule has 3 atom stereocenters. The fraction of sp³-hybridized carbons (Fsp3) is 0.333. The van der Waals surface area contributed by atoms with Crippen molar-refractivity contribution in [1.29, 1.82) is 0 Å². The van der Waals surface area contributed by atoms with Crippen molar-refractivity contribution in [3.8, 4) is 0 Å². The van der Waals surface area contributed by atoms with Gasteiger partial charge in [0.2, 0.25) is 5.91 Å². The van der Waals surface area contributed by atoms with Crippen LogP contribution in [-0.2, 0) is 26.3 Å². The van der Waals surface area contributed by atoms with Gasteiger partial charge in [-0.1, -0.05) is 43.3 Å². The monoisotopic (exact) mass is 387 g/mol. The van der Waals surface area contributed by atoms with Crippen molar-refractivity contribution in [3.63, 3.8) is 0 Å². The highest BCUT2D eigenvalue weighted by Crippen LogP contribution is 2.47. The largest absolute Gasteiger partial charge is 0.447 e. The van der Waals surface area contributed by atoms with Crippen LogP contribution in [0.4, 0.5) is 13.6 Å². The number of cyclic esters (lactones) is 1. The molecule has 2 fully saturated rings. The molecule has 28 heavy (non-hydrogen) atoms. The molecule has 7 heteroatoms. The van der Waals surface area contributed by atoms with E-state index in [-0.39, 0.29) is 18.8 Å². The number of epoxide rings is 1. The molecule has 0 aliphatic carbocycles. The average molecular weight is 387 g/mol. The number of benzene rings is 2. The maximum absolute atomic E-state index is 14.3. The van der Waals surface area contributed by atoms with Crippen LogP contribution in [0.25, 0.3) is 0 Å². The van der Waals surface area contributed by atoms with E-state index < -0.39 is 41.2 Å². The SMILES string of the molecule is C[C@H](C(=O)N1C(=O)OC[C@@H]1Cc1ccccc1)[C@@]1(c2ccc(F)cc2F)CO1. The van der Waals surface area contributed by atoms with Gasteiger partial charge < -0.3 is 9.47 Å². The molecule has 0 radical (unpaired) electrons. The van der Waals surface area contributed by atoms with Crippen LogP contribution in [0.15, 0.2) is 48.5 Å². The Morgan fingerprint density at radius 1 is 1.25 bits per heavy atom. The summed E-state index contributed by atoms with van der Waals surface area (Å²) in [7, 11) is 0. The normalized spacial score (nSPS) is 24.8. The summed E-state index contributed by atoms with van der Waals surface area (Å²) >= 11 is 0. The molecule has 5 nitrogen and oxygen atoms in total. The van der Waals surface area contributed by atoms with Gasteiger partial charge >= 0.3 is 6.09 Å². The summed E-state index contributed by atoms with van der Waals surface area (Å²) in [6.45, 7) is 1.81. The number of ether oxygens (including phenoxy) is 2. The molecule has 0 N–H and O–H groups in total. The lowest BCUT2D eigenvalue weighted by Crippen LogP contribution is -2.46. The van der Waals surface area contributed by atoms with E-state index >= 15 is 0 Å². The van der Waals surface area contributed by atoms with E-state index in [2.05, 4.69) is 0 Å². The second kappa shape index (κ2) is 6.98. The molecular formula is C21H19F2NO4. The number of imide groups is 1. The lowest BCUT2D eigenvalue weighted by atomic mass is 9.85. The van der Waals surface area contributed by atoms with Gasteiger partial charge in [0.05, 0.1) is 18.6 Å². The maximum Gasteiger partial charge on any atom is 0.416 e. The highest BCUT2D eigenvalue weighted by molar-refractivity contribution is 5.95. The first-order valence-electron chi connectivity index (χ1n) is 9.05. The zero-order valence-electron chi connectivity index (χ0n) is 15.2. The number of rotatable bonds is 5. The Morgan fingerprint density at radius 3 is 2.61 bits per heavy atom. The Morgan fingerprint density at radius 2 is 1.96 bits per heavy atom. The fourth-order valence-electron chi connectivity index (χ4n) is 3.72. The van der Waals surface area contributed by atoms with Crippen molar-refractivity contribution < 1.29 is 27.8 Å². The van der Waals surface area contributed by atoms with Gasteiger partial charge in [0.1, 0.15) is 23.8 Å². The van der Waals surface area contributed by atoms with Gasteiger partial charge in [-0.2, -0.15) is 0 Å². The van der Waals surface area contributed by atoms with Gasteiger partial charge in [-0.3, -0.25) is 4.79 Å². The predicted octanol–water partition coefficient (Wildman–Crippen LogP) is 3.42. The topological polar surface area (TPSA) is 59.1 Å². The molecule has 0 saturated carbocycles. The molecule has 146 valence electrons. The van der Waals surface area contributed by atoms with Crippen molar-refractivity contribution in [1.82, 2.24) is 4.90 Å². The van der Waals surface area contributed by atoms with Crippen LogP contribution >= 0.6 is 0 Å². The number of hydrogen-bond acceptors (Lipinski definition) is 4. The number of carbonyl (C=O) groups excluding carboxylic acids is 2. The highest BCUT2D eigenvalue weighted by atomic mass is 19.1. The number of nitrogens with zero attached hydrogens (tertiary/aromatic N) is 1. The van der Waals surface area contributed by atoms with E-state index in [0.717, 1.165) is 22.6 Å². The smallest absolute Gasteiger partial charge is 0.416 e. The minimum atomic E-state index is -1.20. The summed E-state index contributed by atoms with van der Waals surface area (Å²) in [5.41, 5.74) is -0.116. The van der Waals surface area contributed by atoms with Crippen LogP contribution in [0.1, 0.15) is 18.1 Å². The van der Waals surface area contributed by atoms with Gasteiger partial charge in [0.15, 0.2) is 0 Å². The third-order valence-corrected chi connectivity index (χ3v) is 5.42. The molecule has 0 unspecified atom stereocenters. The summed E-state index contributed by atoms with van der Waals surface area (Å²) in [5.74, 6) is -2.81. The first-order valence-corrected chi connectivity index (χ1v) is 9.05. The molecule has 2 saturated heterocycles. The minimum Gasteiger partial charge on any atom is -0.447 e. The summed E-state index contributed by atoms with van der Waals surface area (Å²) in [6.07, 6.45) is -0.253. The lowest BCUT2D eigenvalue weighted by molar-refractivity contribution is -0.135. The van der Waals surface area contributed by atoms with Crippen LogP contribution in [0.2, 0.25) is 0 Å². The van der Waals surface area contributed by atoms with Gasteiger partial charge in [-0.05, 0) is 18.1 Å². The summed E-state index contributed by atoms with van der Waals surface area (Å²) in [4.78, 5) is 26.5. The summed E-state index contributed by atoms with van der Waals surface area (Å²) in [5, 5.41) is 0. The molecule has 4 rings (SSSR count). The molecule has 0 spiro atoms. The van der Waals surface area contributed by atoms with E-state index in [4.69, 9.17) is 9.47 Å². The van der Waals surface area contributed by atoms with E-state index in [1.807, 2.05) is 30.3 Å². The van der Waals surface area contributed by atoms with Crippen LogP contribution in [0.5, 0.6) is 0 Å². The molecule has 0 aromatic heterocycles. The second-order valence-corrected chi connectivity index (χ2v) is 7.15. The Kier molecular flexibility index (Phi) is 4.63. The predicted molar refractivity (Wildman–Crippen MR) is 95.3 cm³/mol. The van der Waals surface area contributed by atoms with Crippen molar-refractivity contribution in [2.24, 2.45) is 5.92 Å². The van der Waals surface area contributed by atoms with Crippen molar-refractivity contribution in [2.75, 3.05) is 13.2 Å². The molecule has 0 bridgehead atoms. The van der Waals surface area contributed by atoms with Crippen molar-refractivity contribution >= 4 is 12.0 Å². The molecule has 2 aromatic rings. The van der Waals surface area contributed by atoms with Crippen molar-refractivity contribution in [3.05, 3.63) is 71.3 Å². The van der Waals surface area contributed by atoms with E-state index in [9.17, 15) is 18.4 Å². The second-order valence-electron chi connectivity index (χ2n) is 7.15. The number of hydrogen-bond donors (Lipinski definition) is 0. The van der Waals surface area contributed by atoms with Crippen LogP contribution < -0.4 is 0 Å². The number of carbonyl (C=O) groups is 2. The van der Waals surface area contributed by atoms with Gasteiger partial charge in [0, 0.05) is 11.6 Å². The number of amides is 2. The third-order valence-electron chi connectivity index (χ3n) is 5.42. The Labute approximate surface area is 160 Å². The van der Waals surface area contributed by atoms with Gasteiger partial charge in [-0.25, -0.2) is 18.5 Å². The molecule has 2 amide bonds. The zero-order valence-corrected chi connectivity index (χ0v) is 15.2. The van der Waals surface area contributed by atoms with Crippen molar-refractivity contribution in [2.45, 2.75) is 25.0 Å². The Balaban J connectivity index is 1.57. The van der Waals surface area contributed by atoms with Crippen LogP contribution in [0.3, 0.4) is 0 Å². The first-order chi connectivity index (χ1) is 13.4. The third kappa shape index (κ3) is 3.16. The quantitative estimate of drug-likeness (QED) is 0.738. The van der Waals surface area contributed by atoms with E-state index in [1.54, 1.807) is 6.92 Å². The molecular weight excluding hydrogens is 368 g/mol. The molecule has 2 aliphatic rings. The molecule has 2 heterocycles. The number of halogens is 2. The van der Waals surface area contributed by atoms with E-state index in [0.29, 0.717) is 6.42 Å². The van der Waals surface area contributed by atoms with Gasteiger partial charge in [0.25, 0.3) is 0 Å². The Bertz CT molecular complexity index is 914. The fourth-order valence-corrected chi connectivity index (χ4v) is 3.72.